The molecule has 0 amide bonds. The number of hydrogen-bond acceptors (Lipinski definition) is 31. The van der Waals surface area contributed by atoms with Gasteiger partial charge in [-0.15, -0.1) is 0 Å². The molecule has 0 aromatic rings. The summed E-state index contributed by atoms with van der Waals surface area (Å²) in [6, 6.07) is 0. The molecule has 5 rings (SSSR count). The summed E-state index contributed by atoms with van der Waals surface area (Å²) in [4.78, 5) is 12.6. The molecule has 0 unspecified atom stereocenters. The Bertz CT molecular complexity index is 1540. The average Bonchev–Trinajstić information content (AvgIpc) is 3.64. The zero-order chi connectivity index (χ0) is 50.6. The van der Waals surface area contributed by atoms with Crippen LogP contribution in [0.2, 0.25) is 0 Å². The van der Waals surface area contributed by atoms with E-state index in [1.807, 2.05) is 0 Å². The van der Waals surface area contributed by atoms with Crippen molar-refractivity contribution in [3.8, 4) is 0 Å². The van der Waals surface area contributed by atoms with Crippen molar-refractivity contribution in [3.05, 3.63) is 0 Å². The topological polar surface area (TPSA) is 534 Å². The molecule has 32 nitrogen and oxygen atoms in total. The number of aliphatic carboxylic acids is 1. The third kappa shape index (κ3) is 12.2. The van der Waals surface area contributed by atoms with E-state index in [9.17, 15) is 112 Å². The summed E-state index contributed by atoms with van der Waals surface area (Å²) in [5.74, 6) is -1.95. The van der Waals surface area contributed by atoms with Gasteiger partial charge in [-0.2, -0.15) is 0 Å². The molecule has 5 fully saturated rings. The zero-order valence-electron chi connectivity index (χ0n) is 35.4. The molecule has 0 saturated carbocycles. The minimum atomic E-state index is -2.43. The first-order valence-electron chi connectivity index (χ1n) is 21.1. The van der Waals surface area contributed by atoms with Gasteiger partial charge in [-0.05, 0) is 0 Å². The summed E-state index contributed by atoms with van der Waals surface area (Å²) in [7, 11) is 0. The van der Waals surface area contributed by atoms with Gasteiger partial charge in [-0.3, -0.25) is 0 Å². The highest BCUT2D eigenvalue weighted by Crippen LogP contribution is 2.36. The van der Waals surface area contributed by atoms with Crippen LogP contribution in [0.5, 0.6) is 0 Å². The lowest BCUT2D eigenvalue weighted by molar-refractivity contribution is -0.388. The number of ether oxygens (including phenoxy) is 10. The van der Waals surface area contributed by atoms with Gasteiger partial charge in [-0.1, -0.05) is 0 Å². The smallest absolute Gasteiger partial charge is 0.335 e. The minimum Gasteiger partial charge on any atom is -0.479 e. The fourth-order valence-corrected chi connectivity index (χ4v) is 7.94. The fourth-order valence-electron chi connectivity index (χ4n) is 7.94. The number of carboxylic acid groups (broad SMARTS) is 1. The van der Waals surface area contributed by atoms with Crippen molar-refractivity contribution in [3.63, 3.8) is 0 Å². The first kappa shape index (κ1) is 57.2. The summed E-state index contributed by atoms with van der Waals surface area (Å²) in [6.45, 7) is -6.09. The molecular formula is C36H62O32. The van der Waals surface area contributed by atoms with E-state index in [0.29, 0.717) is 0 Å². The molecule has 21 N–H and O–H groups in total. The van der Waals surface area contributed by atoms with Crippen LogP contribution in [0.25, 0.3) is 0 Å². The third-order valence-corrected chi connectivity index (χ3v) is 12.0. The van der Waals surface area contributed by atoms with Gasteiger partial charge in [0.15, 0.2) is 37.6 Å². The second-order valence-corrected chi connectivity index (χ2v) is 16.6. The van der Waals surface area contributed by atoms with Gasteiger partial charge in [0.05, 0.1) is 39.6 Å². The number of aliphatic hydroxyl groups excluding tert-OH is 20. The molecule has 0 aliphatic carbocycles. The molecule has 398 valence electrons. The Morgan fingerprint density at radius 3 is 1.41 bits per heavy atom. The summed E-state index contributed by atoms with van der Waals surface area (Å²) < 4.78 is 54.3. The molecule has 29 atom stereocenters. The highest BCUT2D eigenvalue weighted by Gasteiger charge is 2.58. The van der Waals surface area contributed by atoms with E-state index < -0.39 is 224 Å². The summed E-state index contributed by atoms with van der Waals surface area (Å²) in [5.41, 5.74) is 0. The number of hydrogen-bond donors (Lipinski definition) is 21. The maximum Gasteiger partial charge on any atom is 0.335 e. The van der Waals surface area contributed by atoms with E-state index >= 15 is 0 Å². The predicted molar refractivity (Wildman–Crippen MR) is 202 cm³/mol. The third-order valence-electron chi connectivity index (χ3n) is 12.0. The number of aliphatic hydroxyl groups is 20. The SMILES string of the molecule is O=C(O)[C@H]1O[C@H](O[C@H]2[C@H](OC[C@@H](O)[C@@H](O)[C@H](O)[C@@H](CO)O[C@H]3O[C@H](CO)[C@@H](O)[C@H](O)[C@@H]3O)O[C@@H]([C@H](O)CO)[C@@H]2O)[C@H](O)[C@@H](O)[C@@H]1O[C@@H]1O[C@H](CO)[C@@H](O)[C@H](O)[C@@H]1O[C@@H]1O[C@H](CO)[C@@H](O)[C@H](O)[C@@H]1O. The predicted octanol–water partition coefficient (Wildman–Crippen LogP) is -14.4. The van der Waals surface area contributed by atoms with Crippen molar-refractivity contribution in [2.24, 2.45) is 0 Å². The van der Waals surface area contributed by atoms with E-state index in [2.05, 4.69) is 0 Å². The van der Waals surface area contributed by atoms with Crippen molar-refractivity contribution >= 4 is 5.97 Å². The summed E-state index contributed by atoms with van der Waals surface area (Å²) in [6.07, 6.45) is -59.1. The van der Waals surface area contributed by atoms with Crippen LogP contribution in [-0.2, 0) is 52.2 Å². The van der Waals surface area contributed by atoms with Gasteiger partial charge in [0.25, 0.3) is 0 Å². The van der Waals surface area contributed by atoms with Crippen molar-refractivity contribution in [1.82, 2.24) is 0 Å². The lowest BCUT2D eigenvalue weighted by atomic mass is 9.96. The van der Waals surface area contributed by atoms with Gasteiger partial charge in [-0.25, -0.2) is 4.79 Å². The van der Waals surface area contributed by atoms with Crippen LogP contribution in [0.1, 0.15) is 0 Å². The maximum absolute atomic E-state index is 12.6. The zero-order valence-corrected chi connectivity index (χ0v) is 35.4. The van der Waals surface area contributed by atoms with Crippen molar-refractivity contribution in [2.75, 3.05) is 39.6 Å². The van der Waals surface area contributed by atoms with Crippen LogP contribution in [-0.4, -0.2) is 331 Å². The first-order valence-corrected chi connectivity index (χ1v) is 21.1. The van der Waals surface area contributed by atoms with Crippen LogP contribution in [0, 0.1) is 0 Å². The van der Waals surface area contributed by atoms with Crippen molar-refractivity contribution in [1.29, 1.82) is 0 Å². The quantitative estimate of drug-likeness (QED) is 0.0508. The summed E-state index contributed by atoms with van der Waals surface area (Å²) in [5, 5.41) is 218. The minimum absolute atomic E-state index is 0.869. The molecule has 0 aromatic carbocycles. The molecule has 0 aromatic heterocycles. The Morgan fingerprint density at radius 2 is 0.897 bits per heavy atom. The normalized spacial score (nSPS) is 47.0. The van der Waals surface area contributed by atoms with Gasteiger partial charge >= 0.3 is 5.97 Å². The first-order chi connectivity index (χ1) is 32.1. The number of carboxylic acids is 1. The molecule has 5 heterocycles. The highest BCUT2D eigenvalue weighted by molar-refractivity contribution is 5.73. The van der Waals surface area contributed by atoms with E-state index in [1.165, 1.54) is 0 Å². The average molecular weight is 1010 g/mol. The molecule has 5 aliphatic heterocycles. The Kier molecular flexibility index (Phi) is 20.9. The van der Waals surface area contributed by atoms with Crippen molar-refractivity contribution in [2.45, 2.75) is 178 Å². The van der Waals surface area contributed by atoms with Crippen LogP contribution < -0.4 is 0 Å². The second-order valence-electron chi connectivity index (χ2n) is 16.6. The van der Waals surface area contributed by atoms with Crippen LogP contribution >= 0.6 is 0 Å². The maximum atomic E-state index is 12.6. The van der Waals surface area contributed by atoms with Crippen molar-refractivity contribution < 1.29 is 159 Å². The molecule has 0 spiro atoms. The van der Waals surface area contributed by atoms with E-state index in [0.717, 1.165) is 0 Å². The molecule has 68 heavy (non-hydrogen) atoms. The van der Waals surface area contributed by atoms with Gasteiger partial charge < -0.3 is 155 Å². The fraction of sp³-hybridized carbons (Fsp3) is 0.972. The molecular weight excluding hydrogens is 944 g/mol. The standard InChI is InChI=1S/C36H62O32/c37-1-7(42)26-25(56)29(35(64-26)59-6-8(43)13(44)14(45)9(2-38)60-32-22(53)18(49)15(46)10(3-39)61-32)67-34-24(55)21(52)27(30(68-34)31(57)58)65-36-28(20(51)17(48)12(5-41)63-36)66-33-23(54)19(50)16(47)11(4-40)62-33/h7-30,32-56H,1-6H2,(H,57,58)/t7-,8-,9-,10-,11-,12-,13-,14-,15-,16-,17-,18+,19+,20+,21-,22+,23+,24-,25+,26+,27+,28+,29-,30+,32+,33+,34+,35-,36+/m1/s1. The Balaban J connectivity index is 1.29. The van der Waals surface area contributed by atoms with Gasteiger partial charge in [0.2, 0.25) is 0 Å². The molecule has 32 heteroatoms. The lowest BCUT2D eigenvalue weighted by Crippen LogP contribution is -2.67. The van der Waals surface area contributed by atoms with Crippen LogP contribution in [0.3, 0.4) is 0 Å². The van der Waals surface area contributed by atoms with Crippen LogP contribution in [0.15, 0.2) is 0 Å². The largest absolute Gasteiger partial charge is 0.479 e. The van der Waals surface area contributed by atoms with Crippen LogP contribution in [0.4, 0.5) is 0 Å². The lowest BCUT2D eigenvalue weighted by Gasteiger charge is -2.48. The Labute approximate surface area is 382 Å². The number of rotatable bonds is 21. The van der Waals surface area contributed by atoms with E-state index in [-0.39, 0.29) is 0 Å². The van der Waals surface area contributed by atoms with E-state index in [4.69, 9.17) is 47.4 Å². The second kappa shape index (κ2) is 24.8. The molecule has 0 radical (unpaired) electrons. The highest BCUT2D eigenvalue weighted by atomic mass is 16.8. The molecule has 0 bridgehead atoms. The summed E-state index contributed by atoms with van der Waals surface area (Å²) >= 11 is 0. The number of carbonyl (C=O) groups is 1. The monoisotopic (exact) mass is 1010 g/mol. The molecule has 5 aliphatic rings. The Hall–Kier alpha value is -1.73. The Morgan fingerprint density at radius 1 is 0.456 bits per heavy atom. The molecule has 5 saturated heterocycles. The van der Waals surface area contributed by atoms with E-state index in [1.54, 1.807) is 0 Å². The van der Waals surface area contributed by atoms with Gasteiger partial charge in [0, 0.05) is 0 Å². The van der Waals surface area contributed by atoms with Gasteiger partial charge in [0.1, 0.15) is 140 Å².